The van der Waals surface area contributed by atoms with Crippen molar-refractivity contribution in [1.29, 1.82) is 0 Å². The topological polar surface area (TPSA) is 75.4 Å². The second-order valence-corrected chi connectivity index (χ2v) is 4.35. The number of likely N-dealkylation sites (tertiary alicyclic amines) is 1. The van der Waals surface area contributed by atoms with Crippen LogP contribution in [-0.4, -0.2) is 41.9 Å². The lowest BCUT2D eigenvalue weighted by Gasteiger charge is -2.17. The number of nitrogens with zero attached hydrogens (tertiary/aromatic N) is 1. The van der Waals surface area contributed by atoms with Crippen molar-refractivity contribution in [2.45, 2.75) is 45.2 Å². The third kappa shape index (κ3) is 3.48. The highest BCUT2D eigenvalue weighted by molar-refractivity contribution is 5.84. The normalized spacial score (nSPS) is 22.3. The van der Waals surface area contributed by atoms with Gasteiger partial charge in [0, 0.05) is 25.6 Å². The van der Waals surface area contributed by atoms with E-state index in [-0.39, 0.29) is 23.9 Å². The Bertz CT molecular complexity index is 268. The van der Waals surface area contributed by atoms with Gasteiger partial charge in [-0.1, -0.05) is 6.92 Å². The van der Waals surface area contributed by atoms with Crippen molar-refractivity contribution >= 4 is 11.8 Å². The van der Waals surface area contributed by atoms with Crippen molar-refractivity contribution < 1.29 is 9.59 Å². The van der Waals surface area contributed by atoms with Crippen molar-refractivity contribution in [1.82, 2.24) is 10.2 Å². The van der Waals surface area contributed by atoms with Crippen molar-refractivity contribution in [3.05, 3.63) is 0 Å². The molecule has 1 aliphatic heterocycles. The molecule has 1 fully saturated rings. The molecule has 0 aromatic heterocycles. The lowest BCUT2D eigenvalue weighted by Crippen LogP contribution is -2.38. The molecular formula is C11H21N3O2. The Morgan fingerprint density at radius 2 is 2.38 bits per heavy atom. The van der Waals surface area contributed by atoms with Crippen LogP contribution in [0, 0.1) is 0 Å². The summed E-state index contributed by atoms with van der Waals surface area (Å²) in [6.45, 7) is 5.15. The molecule has 2 unspecified atom stereocenters. The summed E-state index contributed by atoms with van der Waals surface area (Å²) in [5, 5.41) is 2.87. The van der Waals surface area contributed by atoms with Crippen molar-refractivity contribution in [3.8, 4) is 0 Å². The number of rotatable bonds is 5. The molecule has 0 spiro atoms. The van der Waals surface area contributed by atoms with Gasteiger partial charge in [-0.2, -0.15) is 0 Å². The van der Waals surface area contributed by atoms with Crippen LogP contribution in [0.25, 0.3) is 0 Å². The van der Waals surface area contributed by atoms with Gasteiger partial charge in [0.1, 0.15) is 0 Å². The first-order valence-electron chi connectivity index (χ1n) is 5.88. The Labute approximate surface area is 96.4 Å². The summed E-state index contributed by atoms with van der Waals surface area (Å²) in [4.78, 5) is 24.6. The summed E-state index contributed by atoms with van der Waals surface area (Å²) in [5.74, 6) is -0.0287. The molecule has 0 aromatic carbocycles. The van der Waals surface area contributed by atoms with Crippen LogP contribution in [0.2, 0.25) is 0 Å². The van der Waals surface area contributed by atoms with Crippen LogP contribution in [0.3, 0.4) is 0 Å². The summed E-state index contributed by atoms with van der Waals surface area (Å²) >= 11 is 0. The molecule has 0 aromatic rings. The Kier molecular flexibility index (Phi) is 4.73. The molecule has 1 aliphatic rings. The number of amides is 2. The molecule has 1 rings (SSSR count). The SMILES string of the molecule is CCC(C)NC(=O)CCN1CCC(N)C1=O. The first-order valence-corrected chi connectivity index (χ1v) is 5.88. The predicted octanol–water partition coefficient (Wildman–Crippen LogP) is -0.149. The van der Waals surface area contributed by atoms with Gasteiger partial charge in [-0.3, -0.25) is 9.59 Å². The molecule has 5 heteroatoms. The zero-order chi connectivity index (χ0) is 12.1. The van der Waals surface area contributed by atoms with Gasteiger partial charge in [0.2, 0.25) is 11.8 Å². The number of hydrogen-bond donors (Lipinski definition) is 2. The van der Waals surface area contributed by atoms with Gasteiger partial charge in [-0.25, -0.2) is 0 Å². The van der Waals surface area contributed by atoms with E-state index in [1.54, 1.807) is 4.90 Å². The maximum absolute atomic E-state index is 11.5. The molecule has 0 aliphatic carbocycles. The summed E-state index contributed by atoms with van der Waals surface area (Å²) < 4.78 is 0. The average Bonchev–Trinajstić information content (AvgIpc) is 2.57. The number of carbonyl (C=O) groups is 2. The molecular weight excluding hydrogens is 206 g/mol. The molecule has 3 N–H and O–H groups in total. The number of nitrogens with two attached hydrogens (primary N) is 1. The van der Waals surface area contributed by atoms with E-state index in [1.165, 1.54) is 0 Å². The quantitative estimate of drug-likeness (QED) is 0.686. The zero-order valence-corrected chi connectivity index (χ0v) is 10.0. The number of carbonyl (C=O) groups excluding carboxylic acids is 2. The summed E-state index contributed by atoms with van der Waals surface area (Å²) in [6.07, 6.45) is 1.98. The molecule has 2 amide bonds. The van der Waals surface area contributed by atoms with Crippen molar-refractivity contribution in [2.75, 3.05) is 13.1 Å². The minimum atomic E-state index is -0.363. The van der Waals surface area contributed by atoms with Gasteiger partial charge in [0.05, 0.1) is 6.04 Å². The maximum atomic E-state index is 11.5. The first kappa shape index (κ1) is 13.0. The van der Waals surface area contributed by atoms with Gasteiger partial charge < -0.3 is 16.0 Å². The summed E-state index contributed by atoms with van der Waals surface area (Å²) in [6, 6.07) is -0.165. The van der Waals surface area contributed by atoms with Crippen LogP contribution in [0.15, 0.2) is 0 Å². The lowest BCUT2D eigenvalue weighted by atomic mass is 10.2. The zero-order valence-electron chi connectivity index (χ0n) is 10.0. The smallest absolute Gasteiger partial charge is 0.239 e. The molecule has 92 valence electrons. The van der Waals surface area contributed by atoms with E-state index >= 15 is 0 Å². The third-order valence-electron chi connectivity index (χ3n) is 2.97. The molecule has 5 nitrogen and oxygen atoms in total. The standard InChI is InChI=1S/C11H21N3O2/c1-3-8(2)13-10(15)5-7-14-6-4-9(12)11(14)16/h8-9H,3-7,12H2,1-2H3,(H,13,15). The third-order valence-corrected chi connectivity index (χ3v) is 2.97. The predicted molar refractivity (Wildman–Crippen MR) is 61.7 cm³/mol. The van der Waals surface area contributed by atoms with Crippen LogP contribution in [0.1, 0.15) is 33.1 Å². The average molecular weight is 227 g/mol. The van der Waals surface area contributed by atoms with Crippen LogP contribution in [0.5, 0.6) is 0 Å². The van der Waals surface area contributed by atoms with Gasteiger partial charge in [0.25, 0.3) is 0 Å². The Morgan fingerprint density at radius 1 is 1.69 bits per heavy atom. The highest BCUT2D eigenvalue weighted by Crippen LogP contribution is 2.09. The maximum Gasteiger partial charge on any atom is 0.239 e. The van der Waals surface area contributed by atoms with Crippen molar-refractivity contribution in [3.63, 3.8) is 0 Å². The number of nitrogens with one attached hydrogen (secondary N) is 1. The van der Waals surface area contributed by atoms with E-state index in [0.29, 0.717) is 25.9 Å². The van der Waals surface area contributed by atoms with E-state index in [9.17, 15) is 9.59 Å². The Morgan fingerprint density at radius 3 is 2.88 bits per heavy atom. The highest BCUT2D eigenvalue weighted by Gasteiger charge is 2.28. The molecule has 2 atom stereocenters. The van der Waals surface area contributed by atoms with E-state index in [2.05, 4.69) is 5.32 Å². The second-order valence-electron chi connectivity index (χ2n) is 4.35. The fourth-order valence-corrected chi connectivity index (χ4v) is 1.67. The van der Waals surface area contributed by atoms with Gasteiger partial charge in [0.15, 0.2) is 0 Å². The van der Waals surface area contributed by atoms with E-state index in [4.69, 9.17) is 5.73 Å². The largest absolute Gasteiger partial charge is 0.354 e. The highest BCUT2D eigenvalue weighted by atomic mass is 16.2. The minimum absolute atomic E-state index is 0.00243. The van der Waals surface area contributed by atoms with Crippen molar-refractivity contribution in [2.24, 2.45) is 5.73 Å². The molecule has 0 saturated carbocycles. The molecule has 1 heterocycles. The fraction of sp³-hybridized carbons (Fsp3) is 0.818. The van der Waals surface area contributed by atoms with Crippen LogP contribution in [-0.2, 0) is 9.59 Å². The van der Waals surface area contributed by atoms with Crippen LogP contribution >= 0.6 is 0 Å². The molecule has 0 radical (unpaired) electrons. The van der Waals surface area contributed by atoms with Crippen LogP contribution < -0.4 is 11.1 Å². The monoisotopic (exact) mass is 227 g/mol. The van der Waals surface area contributed by atoms with Crippen LogP contribution in [0.4, 0.5) is 0 Å². The lowest BCUT2D eigenvalue weighted by molar-refractivity contribution is -0.129. The summed E-state index contributed by atoms with van der Waals surface area (Å²) in [7, 11) is 0. The van der Waals surface area contributed by atoms with Gasteiger partial charge in [-0.15, -0.1) is 0 Å². The molecule has 1 saturated heterocycles. The Hall–Kier alpha value is -1.10. The van der Waals surface area contributed by atoms with Gasteiger partial charge in [-0.05, 0) is 19.8 Å². The number of hydrogen-bond acceptors (Lipinski definition) is 3. The Balaban J connectivity index is 2.24. The molecule has 0 bridgehead atoms. The second kappa shape index (κ2) is 5.84. The van der Waals surface area contributed by atoms with E-state index < -0.39 is 0 Å². The summed E-state index contributed by atoms with van der Waals surface area (Å²) in [5.41, 5.74) is 5.59. The van der Waals surface area contributed by atoms with E-state index in [0.717, 1.165) is 6.42 Å². The van der Waals surface area contributed by atoms with Gasteiger partial charge >= 0.3 is 0 Å². The first-order chi connectivity index (χ1) is 7.54. The minimum Gasteiger partial charge on any atom is -0.354 e. The molecule has 16 heavy (non-hydrogen) atoms. The van der Waals surface area contributed by atoms with E-state index in [1.807, 2.05) is 13.8 Å². The fourth-order valence-electron chi connectivity index (χ4n) is 1.67.